The highest BCUT2D eigenvalue weighted by molar-refractivity contribution is 5.78. The van der Waals surface area contributed by atoms with E-state index >= 15 is 0 Å². The molecule has 5 heteroatoms. The molecule has 2 heterocycles. The zero-order valence-corrected chi connectivity index (χ0v) is 19.1. The third kappa shape index (κ3) is 4.53. The van der Waals surface area contributed by atoms with E-state index in [1.54, 1.807) is 6.33 Å². The van der Waals surface area contributed by atoms with Crippen LogP contribution < -0.4 is 10.7 Å². The van der Waals surface area contributed by atoms with Gasteiger partial charge in [0.25, 0.3) is 0 Å². The minimum atomic E-state index is 0.764. The van der Waals surface area contributed by atoms with Crippen molar-refractivity contribution in [2.45, 2.75) is 26.8 Å². The molecule has 1 N–H and O–H groups in total. The monoisotopic (exact) mass is 423 g/mol. The second-order valence-corrected chi connectivity index (χ2v) is 7.81. The fraction of sp³-hybridized carbons (Fsp3) is 0.222. The van der Waals surface area contributed by atoms with Crippen molar-refractivity contribution in [3.05, 3.63) is 88.6 Å². The van der Waals surface area contributed by atoms with Crippen molar-refractivity contribution in [3.63, 3.8) is 0 Å². The highest BCUT2D eigenvalue weighted by Crippen LogP contribution is 2.27. The molecule has 0 amide bonds. The van der Waals surface area contributed by atoms with Gasteiger partial charge in [0, 0.05) is 29.8 Å². The minimum Gasteiger partial charge on any atom is -0.348 e. The quantitative estimate of drug-likeness (QED) is 0.543. The molecule has 4 aromatic rings. The standard InChI is InChI=1S/C25H23N5.C2H6/c1-30(2)15-17-8-10-19(11-9-17)25-24(18-6-4-3-5-7-18)28-21-13-12-20-22(27-16-26-20)14-23(21)29-25;1-2/h3-11,13-14,16H,12,15H2,1-2H3,(H,26,27);1-2H3. The lowest BCUT2D eigenvalue weighted by Gasteiger charge is -2.12. The molecule has 0 spiro atoms. The fourth-order valence-electron chi connectivity index (χ4n) is 3.80. The van der Waals surface area contributed by atoms with Gasteiger partial charge in [0.2, 0.25) is 0 Å². The zero-order valence-electron chi connectivity index (χ0n) is 19.1. The number of H-pyrrole nitrogens is 1. The van der Waals surface area contributed by atoms with Gasteiger partial charge in [0.15, 0.2) is 0 Å². The van der Waals surface area contributed by atoms with Crippen LogP contribution in [0.25, 0.3) is 34.7 Å². The third-order valence-corrected chi connectivity index (χ3v) is 5.25. The lowest BCUT2D eigenvalue weighted by Crippen LogP contribution is -2.32. The molecule has 0 unspecified atom stereocenters. The molecule has 0 fully saturated rings. The molecular weight excluding hydrogens is 394 g/mol. The summed E-state index contributed by atoms with van der Waals surface area (Å²) in [6.07, 6.45) is 6.64. The Morgan fingerprint density at radius 2 is 1.50 bits per heavy atom. The fourth-order valence-corrected chi connectivity index (χ4v) is 3.80. The molecule has 32 heavy (non-hydrogen) atoms. The molecule has 1 aliphatic carbocycles. The Morgan fingerprint density at radius 1 is 0.844 bits per heavy atom. The van der Waals surface area contributed by atoms with Crippen LogP contribution >= 0.6 is 0 Å². The zero-order chi connectivity index (χ0) is 22.5. The average Bonchev–Trinajstić information content (AvgIpc) is 3.19. The van der Waals surface area contributed by atoms with Gasteiger partial charge in [-0.25, -0.2) is 15.0 Å². The van der Waals surface area contributed by atoms with Crippen molar-refractivity contribution in [2.24, 2.45) is 0 Å². The molecule has 0 atom stereocenters. The molecule has 0 saturated heterocycles. The molecule has 2 aromatic carbocycles. The van der Waals surface area contributed by atoms with E-state index in [4.69, 9.17) is 9.97 Å². The molecule has 0 bridgehead atoms. The summed E-state index contributed by atoms with van der Waals surface area (Å²) >= 11 is 0. The van der Waals surface area contributed by atoms with Crippen LogP contribution in [0, 0.1) is 0 Å². The van der Waals surface area contributed by atoms with Crippen LogP contribution in [0.3, 0.4) is 0 Å². The maximum atomic E-state index is 5.08. The highest BCUT2D eigenvalue weighted by atomic mass is 15.0. The van der Waals surface area contributed by atoms with Gasteiger partial charge in [-0.1, -0.05) is 74.5 Å². The van der Waals surface area contributed by atoms with Gasteiger partial charge in [-0.3, -0.25) is 0 Å². The van der Waals surface area contributed by atoms with Gasteiger partial charge < -0.3 is 9.88 Å². The van der Waals surface area contributed by atoms with Crippen LogP contribution in [0.4, 0.5) is 0 Å². The maximum absolute atomic E-state index is 5.08. The second-order valence-electron chi connectivity index (χ2n) is 7.81. The van der Waals surface area contributed by atoms with E-state index in [1.165, 1.54) is 5.56 Å². The normalized spacial score (nSPS) is 11.9. The summed E-state index contributed by atoms with van der Waals surface area (Å²) in [5.74, 6) is 0. The van der Waals surface area contributed by atoms with Crippen LogP contribution in [-0.2, 0) is 13.0 Å². The number of nitrogens with zero attached hydrogens (tertiary/aromatic N) is 4. The Kier molecular flexibility index (Phi) is 6.57. The van der Waals surface area contributed by atoms with Crippen molar-refractivity contribution in [3.8, 4) is 22.5 Å². The van der Waals surface area contributed by atoms with E-state index in [2.05, 4.69) is 71.4 Å². The first kappa shape index (κ1) is 21.7. The first-order chi connectivity index (χ1) is 15.7. The van der Waals surface area contributed by atoms with Crippen molar-refractivity contribution >= 4 is 12.2 Å². The van der Waals surface area contributed by atoms with Crippen LogP contribution in [0.2, 0.25) is 0 Å². The van der Waals surface area contributed by atoms with Crippen LogP contribution in [0.1, 0.15) is 30.8 Å². The number of rotatable bonds is 4. The number of hydrogen-bond acceptors (Lipinski definition) is 4. The minimum absolute atomic E-state index is 0.764. The Bertz CT molecular complexity index is 1300. The highest BCUT2D eigenvalue weighted by Gasteiger charge is 2.14. The molecule has 162 valence electrons. The van der Waals surface area contributed by atoms with Gasteiger partial charge in [0.05, 0.1) is 34.1 Å². The lowest BCUT2D eigenvalue weighted by atomic mass is 10.0. The summed E-state index contributed by atoms with van der Waals surface area (Å²) in [5.41, 5.74) is 7.21. The van der Waals surface area contributed by atoms with Gasteiger partial charge in [-0.05, 0) is 25.7 Å². The number of imidazole rings is 1. The van der Waals surface area contributed by atoms with Crippen LogP contribution in [0.5, 0.6) is 0 Å². The predicted molar refractivity (Wildman–Crippen MR) is 131 cm³/mol. The number of fused-ring (bicyclic) bond motifs is 2. The topological polar surface area (TPSA) is 57.7 Å². The van der Waals surface area contributed by atoms with E-state index in [0.29, 0.717) is 0 Å². The van der Waals surface area contributed by atoms with Crippen molar-refractivity contribution in [2.75, 3.05) is 14.1 Å². The van der Waals surface area contributed by atoms with Crippen LogP contribution in [-0.4, -0.2) is 38.9 Å². The van der Waals surface area contributed by atoms with E-state index in [0.717, 1.165) is 57.6 Å². The van der Waals surface area contributed by atoms with Crippen molar-refractivity contribution < 1.29 is 0 Å². The Labute approximate surface area is 189 Å². The predicted octanol–water partition coefficient (Wildman–Crippen LogP) is 3.79. The van der Waals surface area contributed by atoms with Gasteiger partial charge in [-0.2, -0.15) is 0 Å². The second kappa shape index (κ2) is 9.71. The molecule has 0 radical (unpaired) electrons. The van der Waals surface area contributed by atoms with E-state index in [-0.39, 0.29) is 0 Å². The van der Waals surface area contributed by atoms with E-state index < -0.39 is 0 Å². The lowest BCUT2D eigenvalue weighted by molar-refractivity contribution is 0.402. The molecule has 0 saturated carbocycles. The molecule has 1 aliphatic rings. The molecular formula is C27H29N5. The largest absolute Gasteiger partial charge is 0.348 e. The van der Waals surface area contributed by atoms with E-state index in [9.17, 15) is 0 Å². The van der Waals surface area contributed by atoms with Crippen LogP contribution in [0.15, 0.2) is 60.9 Å². The number of nitrogens with one attached hydrogen (secondary N) is 1. The van der Waals surface area contributed by atoms with Gasteiger partial charge in [0.1, 0.15) is 0 Å². The summed E-state index contributed by atoms with van der Waals surface area (Å²) in [6, 6.07) is 18.9. The van der Waals surface area contributed by atoms with Gasteiger partial charge >= 0.3 is 0 Å². The Balaban J connectivity index is 0.00000119. The summed E-state index contributed by atoms with van der Waals surface area (Å²) in [7, 11) is 4.16. The first-order valence-electron chi connectivity index (χ1n) is 11.1. The smallest absolute Gasteiger partial charge is 0.0973 e. The first-order valence-corrected chi connectivity index (χ1v) is 11.1. The van der Waals surface area contributed by atoms with Crippen molar-refractivity contribution in [1.29, 1.82) is 0 Å². The number of hydrogen-bond donors (Lipinski definition) is 1. The average molecular weight is 424 g/mol. The summed E-state index contributed by atoms with van der Waals surface area (Å²) in [6.45, 7) is 4.91. The Morgan fingerprint density at radius 3 is 2.19 bits per heavy atom. The number of benzene rings is 2. The summed E-state index contributed by atoms with van der Waals surface area (Å²) in [4.78, 5) is 19.9. The van der Waals surface area contributed by atoms with Crippen molar-refractivity contribution in [1.82, 2.24) is 24.8 Å². The summed E-state index contributed by atoms with van der Waals surface area (Å²) in [5, 5.41) is 1.75. The maximum Gasteiger partial charge on any atom is 0.0973 e. The molecule has 0 aliphatic heterocycles. The Hall–Kier alpha value is -3.57. The SMILES string of the molecule is CC.CN(C)Cc1ccc(-c2nc3c(nc2-c2ccccc2)=CCc2[nH]cnc2C=3)cc1. The van der Waals surface area contributed by atoms with E-state index in [1.807, 2.05) is 38.1 Å². The number of aromatic nitrogens is 4. The summed E-state index contributed by atoms with van der Waals surface area (Å²) < 4.78 is 0. The van der Waals surface area contributed by atoms with Gasteiger partial charge in [-0.15, -0.1) is 0 Å². The molecule has 2 aromatic heterocycles. The molecule has 5 nitrogen and oxygen atoms in total. The third-order valence-electron chi connectivity index (χ3n) is 5.25. The molecule has 5 rings (SSSR count). The number of aromatic amines is 1.